The molecular formula is C10H12ClNO2. The van der Waals surface area contributed by atoms with E-state index >= 15 is 0 Å². The summed E-state index contributed by atoms with van der Waals surface area (Å²) in [5, 5.41) is 0.725. The van der Waals surface area contributed by atoms with Crippen molar-refractivity contribution in [2.45, 2.75) is 12.8 Å². The predicted octanol–water partition coefficient (Wildman–Crippen LogP) is 1.96. The molecule has 0 saturated heterocycles. The number of fused-ring (bicyclic) bond motifs is 1. The number of hydrogen-bond donors (Lipinski definition) is 1. The van der Waals surface area contributed by atoms with Gasteiger partial charge in [-0.25, -0.2) is 0 Å². The molecule has 0 aromatic heterocycles. The quantitative estimate of drug-likeness (QED) is 0.835. The third-order valence-corrected chi connectivity index (χ3v) is 2.54. The SMILES string of the molecule is NCCCc1cc2c(cc1Cl)OCO2. The van der Waals surface area contributed by atoms with E-state index in [2.05, 4.69) is 0 Å². The lowest BCUT2D eigenvalue weighted by molar-refractivity contribution is 0.174. The molecule has 0 spiro atoms. The van der Waals surface area contributed by atoms with E-state index in [4.69, 9.17) is 26.8 Å². The van der Waals surface area contributed by atoms with Gasteiger partial charge in [-0.3, -0.25) is 0 Å². The Balaban J connectivity index is 2.23. The molecule has 0 atom stereocenters. The van der Waals surface area contributed by atoms with Gasteiger partial charge in [-0.1, -0.05) is 11.6 Å². The van der Waals surface area contributed by atoms with E-state index in [9.17, 15) is 0 Å². The van der Waals surface area contributed by atoms with Gasteiger partial charge < -0.3 is 15.2 Å². The van der Waals surface area contributed by atoms with E-state index in [1.165, 1.54) is 0 Å². The van der Waals surface area contributed by atoms with Crippen LogP contribution in [0, 0.1) is 0 Å². The van der Waals surface area contributed by atoms with Crippen molar-refractivity contribution in [3.8, 4) is 11.5 Å². The zero-order chi connectivity index (χ0) is 9.97. The van der Waals surface area contributed by atoms with Crippen LogP contribution >= 0.6 is 11.6 Å². The highest BCUT2D eigenvalue weighted by Crippen LogP contribution is 2.37. The highest BCUT2D eigenvalue weighted by Gasteiger charge is 2.15. The summed E-state index contributed by atoms with van der Waals surface area (Å²) < 4.78 is 10.5. The highest BCUT2D eigenvalue weighted by atomic mass is 35.5. The summed E-state index contributed by atoms with van der Waals surface area (Å²) in [6.45, 7) is 0.955. The Morgan fingerprint density at radius 3 is 2.71 bits per heavy atom. The van der Waals surface area contributed by atoms with Crippen molar-refractivity contribution in [3.05, 3.63) is 22.7 Å². The first-order valence-electron chi connectivity index (χ1n) is 4.59. The number of halogens is 1. The minimum absolute atomic E-state index is 0.284. The Morgan fingerprint density at radius 2 is 2.00 bits per heavy atom. The molecular weight excluding hydrogens is 202 g/mol. The van der Waals surface area contributed by atoms with Crippen LogP contribution in [-0.2, 0) is 6.42 Å². The summed E-state index contributed by atoms with van der Waals surface area (Å²) in [6.07, 6.45) is 1.81. The van der Waals surface area contributed by atoms with Crippen LogP contribution in [-0.4, -0.2) is 13.3 Å². The van der Waals surface area contributed by atoms with Gasteiger partial charge in [-0.2, -0.15) is 0 Å². The zero-order valence-corrected chi connectivity index (χ0v) is 8.51. The Kier molecular flexibility index (Phi) is 2.79. The van der Waals surface area contributed by atoms with Crippen LogP contribution in [0.15, 0.2) is 12.1 Å². The molecule has 1 heterocycles. The lowest BCUT2D eigenvalue weighted by Crippen LogP contribution is -2.00. The maximum Gasteiger partial charge on any atom is 0.231 e. The van der Waals surface area contributed by atoms with Gasteiger partial charge in [0.15, 0.2) is 11.5 Å². The van der Waals surface area contributed by atoms with Gasteiger partial charge in [0.1, 0.15) is 0 Å². The van der Waals surface area contributed by atoms with Gasteiger partial charge in [0, 0.05) is 11.1 Å². The average Bonchev–Trinajstić information content (AvgIpc) is 2.61. The first kappa shape index (κ1) is 9.62. The molecule has 3 nitrogen and oxygen atoms in total. The molecule has 1 aromatic carbocycles. The minimum atomic E-state index is 0.284. The van der Waals surface area contributed by atoms with Crippen LogP contribution in [0.25, 0.3) is 0 Å². The molecule has 1 aromatic rings. The molecule has 0 fully saturated rings. The van der Waals surface area contributed by atoms with E-state index in [1.807, 2.05) is 6.07 Å². The average molecular weight is 214 g/mol. The molecule has 2 rings (SSSR count). The second kappa shape index (κ2) is 4.07. The lowest BCUT2D eigenvalue weighted by Gasteiger charge is -2.04. The molecule has 1 aliphatic heterocycles. The molecule has 4 heteroatoms. The van der Waals surface area contributed by atoms with Crippen LogP contribution in [0.1, 0.15) is 12.0 Å². The van der Waals surface area contributed by atoms with Crippen molar-refractivity contribution in [1.29, 1.82) is 0 Å². The van der Waals surface area contributed by atoms with Crippen molar-refractivity contribution in [1.82, 2.24) is 0 Å². The largest absolute Gasteiger partial charge is 0.454 e. The monoisotopic (exact) mass is 213 g/mol. The number of ether oxygens (including phenoxy) is 2. The predicted molar refractivity (Wildman–Crippen MR) is 55.0 cm³/mol. The van der Waals surface area contributed by atoms with Gasteiger partial charge >= 0.3 is 0 Å². The lowest BCUT2D eigenvalue weighted by atomic mass is 10.1. The van der Waals surface area contributed by atoms with E-state index in [1.54, 1.807) is 6.07 Å². The Labute approximate surface area is 87.8 Å². The molecule has 0 radical (unpaired) electrons. The van der Waals surface area contributed by atoms with E-state index in [0.717, 1.165) is 34.9 Å². The van der Waals surface area contributed by atoms with Gasteiger partial charge in [-0.05, 0) is 31.0 Å². The maximum atomic E-state index is 6.07. The van der Waals surface area contributed by atoms with Crippen molar-refractivity contribution < 1.29 is 9.47 Å². The first-order valence-corrected chi connectivity index (χ1v) is 4.97. The summed E-state index contributed by atoms with van der Waals surface area (Å²) in [4.78, 5) is 0. The molecule has 0 saturated carbocycles. The highest BCUT2D eigenvalue weighted by molar-refractivity contribution is 6.31. The summed E-state index contributed by atoms with van der Waals surface area (Å²) in [7, 11) is 0. The smallest absolute Gasteiger partial charge is 0.231 e. The van der Waals surface area contributed by atoms with Crippen molar-refractivity contribution in [2.75, 3.05) is 13.3 Å². The van der Waals surface area contributed by atoms with Crippen LogP contribution in [0.3, 0.4) is 0 Å². The standard InChI is InChI=1S/C10H12ClNO2/c11-8-5-10-9(13-6-14-10)4-7(8)2-1-3-12/h4-5H,1-3,6,12H2. The second-order valence-corrected chi connectivity index (χ2v) is 3.60. The van der Waals surface area contributed by atoms with Crippen molar-refractivity contribution >= 4 is 11.6 Å². The first-order chi connectivity index (χ1) is 6.81. The topological polar surface area (TPSA) is 44.5 Å². The summed E-state index contributed by atoms with van der Waals surface area (Å²) >= 11 is 6.07. The van der Waals surface area contributed by atoms with Crippen LogP contribution in [0.4, 0.5) is 0 Å². The minimum Gasteiger partial charge on any atom is -0.454 e. The number of aryl methyl sites for hydroxylation is 1. The number of hydrogen-bond acceptors (Lipinski definition) is 3. The van der Waals surface area contributed by atoms with E-state index in [0.29, 0.717) is 6.54 Å². The van der Waals surface area contributed by atoms with E-state index < -0.39 is 0 Å². The normalized spacial score (nSPS) is 13.3. The molecule has 2 N–H and O–H groups in total. The molecule has 1 aliphatic rings. The summed E-state index contributed by atoms with van der Waals surface area (Å²) in [5.41, 5.74) is 6.51. The molecule has 0 aliphatic carbocycles. The number of rotatable bonds is 3. The molecule has 14 heavy (non-hydrogen) atoms. The fraction of sp³-hybridized carbons (Fsp3) is 0.400. The third kappa shape index (κ3) is 1.79. The zero-order valence-electron chi connectivity index (χ0n) is 7.75. The van der Waals surface area contributed by atoms with Crippen molar-refractivity contribution in [2.24, 2.45) is 5.73 Å². The molecule has 0 bridgehead atoms. The second-order valence-electron chi connectivity index (χ2n) is 3.19. The molecule has 0 amide bonds. The maximum absolute atomic E-state index is 6.07. The van der Waals surface area contributed by atoms with Gasteiger partial charge in [0.2, 0.25) is 6.79 Å². The number of nitrogens with two attached hydrogens (primary N) is 1. The third-order valence-electron chi connectivity index (χ3n) is 2.19. The Morgan fingerprint density at radius 1 is 1.29 bits per heavy atom. The van der Waals surface area contributed by atoms with Crippen LogP contribution < -0.4 is 15.2 Å². The van der Waals surface area contributed by atoms with Gasteiger partial charge in [0.25, 0.3) is 0 Å². The Bertz CT molecular complexity index is 341. The summed E-state index contributed by atoms with van der Waals surface area (Å²) in [6, 6.07) is 3.73. The molecule has 76 valence electrons. The number of benzene rings is 1. The Hall–Kier alpha value is -0.930. The van der Waals surface area contributed by atoms with Crippen LogP contribution in [0.2, 0.25) is 5.02 Å². The molecule has 0 unspecified atom stereocenters. The van der Waals surface area contributed by atoms with Crippen molar-refractivity contribution in [3.63, 3.8) is 0 Å². The van der Waals surface area contributed by atoms with E-state index in [-0.39, 0.29) is 6.79 Å². The fourth-order valence-electron chi connectivity index (χ4n) is 1.44. The van der Waals surface area contributed by atoms with Gasteiger partial charge in [-0.15, -0.1) is 0 Å². The van der Waals surface area contributed by atoms with Crippen LogP contribution in [0.5, 0.6) is 11.5 Å². The fourth-order valence-corrected chi connectivity index (χ4v) is 1.69. The van der Waals surface area contributed by atoms with Gasteiger partial charge in [0.05, 0.1) is 0 Å². The summed E-state index contributed by atoms with van der Waals surface area (Å²) in [5.74, 6) is 1.51.